The van der Waals surface area contributed by atoms with Gasteiger partial charge in [-0.25, -0.2) is 4.79 Å². The lowest BCUT2D eigenvalue weighted by Gasteiger charge is -2.02. The molecule has 0 aromatic heterocycles. The fourth-order valence-corrected chi connectivity index (χ4v) is 1.62. The van der Waals surface area contributed by atoms with Crippen molar-refractivity contribution < 1.29 is 34.0 Å². The van der Waals surface area contributed by atoms with Gasteiger partial charge in [-0.15, -0.1) is 0 Å². The molecule has 7 heteroatoms. The SMILES string of the molecule is CCCCOC(=O)c1ccccc1.CCOCC.OCCOCCOCCO. The van der Waals surface area contributed by atoms with Gasteiger partial charge in [-0.2, -0.15) is 0 Å². The largest absolute Gasteiger partial charge is 0.462 e. The number of carbonyl (C=O) groups excluding carboxylic acids is 1. The zero-order valence-corrected chi connectivity index (χ0v) is 17.6. The van der Waals surface area contributed by atoms with Crippen molar-refractivity contribution in [1.82, 2.24) is 0 Å². The first-order valence-corrected chi connectivity index (χ1v) is 9.84. The van der Waals surface area contributed by atoms with Gasteiger partial charge in [0.15, 0.2) is 0 Å². The molecule has 0 fully saturated rings. The minimum Gasteiger partial charge on any atom is -0.462 e. The molecule has 0 radical (unpaired) electrons. The van der Waals surface area contributed by atoms with Crippen LogP contribution < -0.4 is 0 Å². The Hall–Kier alpha value is -1.51. The number of benzene rings is 1. The molecule has 0 bridgehead atoms. The Kier molecular flexibility index (Phi) is 26.1. The Balaban J connectivity index is 0. The summed E-state index contributed by atoms with van der Waals surface area (Å²) in [6, 6.07) is 9.05. The summed E-state index contributed by atoms with van der Waals surface area (Å²) in [5, 5.41) is 16.5. The van der Waals surface area contributed by atoms with E-state index in [0.717, 1.165) is 26.1 Å². The smallest absolute Gasteiger partial charge is 0.338 e. The second-order valence-corrected chi connectivity index (χ2v) is 5.31. The van der Waals surface area contributed by atoms with Gasteiger partial charge < -0.3 is 29.2 Å². The third-order valence-electron chi connectivity index (χ3n) is 2.99. The Labute approximate surface area is 169 Å². The number of unbranched alkanes of at least 4 members (excludes halogenated alkanes) is 1. The highest BCUT2D eigenvalue weighted by atomic mass is 16.5. The normalized spacial score (nSPS) is 9.61. The molecule has 2 N–H and O–H groups in total. The molecule has 0 saturated carbocycles. The Morgan fingerprint density at radius 2 is 1.32 bits per heavy atom. The van der Waals surface area contributed by atoms with Crippen molar-refractivity contribution >= 4 is 5.97 Å². The van der Waals surface area contributed by atoms with E-state index in [1.807, 2.05) is 32.0 Å². The van der Waals surface area contributed by atoms with Gasteiger partial charge in [-0.3, -0.25) is 0 Å². The van der Waals surface area contributed by atoms with Gasteiger partial charge in [-0.1, -0.05) is 31.5 Å². The van der Waals surface area contributed by atoms with Crippen LogP contribution in [0.25, 0.3) is 0 Å². The van der Waals surface area contributed by atoms with Gasteiger partial charge in [0.1, 0.15) is 0 Å². The summed E-state index contributed by atoms with van der Waals surface area (Å²) in [4.78, 5) is 11.3. The second-order valence-electron chi connectivity index (χ2n) is 5.31. The number of hydrogen-bond donors (Lipinski definition) is 2. The van der Waals surface area contributed by atoms with E-state index in [9.17, 15) is 4.79 Å². The Morgan fingerprint density at radius 3 is 1.71 bits per heavy atom. The van der Waals surface area contributed by atoms with E-state index < -0.39 is 0 Å². The Morgan fingerprint density at radius 1 is 0.786 bits per heavy atom. The number of rotatable bonds is 13. The Bertz CT molecular complexity index is 402. The van der Waals surface area contributed by atoms with Crippen LogP contribution in [0.5, 0.6) is 0 Å². The minimum atomic E-state index is -0.228. The van der Waals surface area contributed by atoms with E-state index in [-0.39, 0.29) is 19.2 Å². The van der Waals surface area contributed by atoms with Gasteiger partial charge in [0, 0.05) is 13.2 Å². The number of ether oxygens (including phenoxy) is 4. The predicted molar refractivity (Wildman–Crippen MR) is 110 cm³/mol. The summed E-state index contributed by atoms with van der Waals surface area (Å²) in [7, 11) is 0. The quantitative estimate of drug-likeness (QED) is 0.387. The van der Waals surface area contributed by atoms with Crippen LogP contribution in [0.4, 0.5) is 0 Å². The molecule has 0 aliphatic heterocycles. The van der Waals surface area contributed by atoms with Gasteiger partial charge in [0.25, 0.3) is 0 Å². The summed E-state index contributed by atoms with van der Waals surface area (Å²) >= 11 is 0. The predicted octanol–water partition coefficient (Wildman–Crippen LogP) is 2.69. The molecule has 1 rings (SSSR count). The monoisotopic (exact) mass is 402 g/mol. The fraction of sp³-hybridized carbons (Fsp3) is 0.667. The van der Waals surface area contributed by atoms with Gasteiger partial charge in [-0.05, 0) is 32.4 Å². The van der Waals surface area contributed by atoms with Crippen molar-refractivity contribution in [3.05, 3.63) is 35.9 Å². The number of aliphatic hydroxyl groups is 2. The molecule has 0 unspecified atom stereocenters. The molecule has 1 aromatic rings. The standard InChI is InChI=1S/C11H14O2.C6H14O4.C4H10O/c1-2-3-9-13-11(12)10-7-5-4-6-8-10;7-1-3-9-5-6-10-4-2-8;1-3-5-4-2/h4-8H,2-3,9H2,1H3;7-8H,1-6H2;3-4H2,1-2H3. The first-order valence-electron chi connectivity index (χ1n) is 9.84. The molecular formula is C21H38O7. The van der Waals surface area contributed by atoms with E-state index in [4.69, 9.17) is 29.2 Å². The number of aliphatic hydroxyl groups excluding tert-OH is 2. The molecule has 0 atom stereocenters. The summed E-state index contributed by atoms with van der Waals surface area (Å²) < 4.78 is 19.6. The third-order valence-corrected chi connectivity index (χ3v) is 2.99. The zero-order valence-electron chi connectivity index (χ0n) is 17.6. The van der Waals surface area contributed by atoms with Crippen LogP contribution in [0.1, 0.15) is 44.0 Å². The minimum absolute atomic E-state index is 0.0417. The molecule has 28 heavy (non-hydrogen) atoms. The number of carbonyl (C=O) groups is 1. The highest BCUT2D eigenvalue weighted by Gasteiger charge is 2.03. The van der Waals surface area contributed by atoms with E-state index in [2.05, 4.69) is 6.92 Å². The van der Waals surface area contributed by atoms with Crippen LogP contribution >= 0.6 is 0 Å². The number of esters is 1. The van der Waals surface area contributed by atoms with Crippen LogP contribution in [-0.4, -0.2) is 75.6 Å². The molecule has 0 aliphatic carbocycles. The maximum Gasteiger partial charge on any atom is 0.338 e. The van der Waals surface area contributed by atoms with E-state index in [1.165, 1.54) is 0 Å². The first kappa shape index (κ1) is 28.7. The van der Waals surface area contributed by atoms with Crippen molar-refractivity contribution in [1.29, 1.82) is 0 Å². The molecular weight excluding hydrogens is 364 g/mol. The van der Waals surface area contributed by atoms with E-state index >= 15 is 0 Å². The van der Waals surface area contributed by atoms with Crippen molar-refractivity contribution in [3.8, 4) is 0 Å². The topological polar surface area (TPSA) is 94.5 Å². The average molecular weight is 403 g/mol. The van der Waals surface area contributed by atoms with Crippen LogP contribution in [0.3, 0.4) is 0 Å². The maximum atomic E-state index is 11.3. The molecule has 0 spiro atoms. The molecule has 7 nitrogen and oxygen atoms in total. The maximum absolute atomic E-state index is 11.3. The second kappa shape index (κ2) is 25.5. The van der Waals surface area contributed by atoms with Gasteiger partial charge >= 0.3 is 5.97 Å². The van der Waals surface area contributed by atoms with Crippen LogP contribution in [0.2, 0.25) is 0 Å². The van der Waals surface area contributed by atoms with Crippen molar-refractivity contribution in [3.63, 3.8) is 0 Å². The van der Waals surface area contributed by atoms with Crippen molar-refractivity contribution in [2.24, 2.45) is 0 Å². The molecule has 0 amide bonds. The van der Waals surface area contributed by atoms with Crippen molar-refractivity contribution in [2.75, 3.05) is 59.5 Å². The average Bonchev–Trinajstić information content (AvgIpc) is 2.73. The summed E-state index contributed by atoms with van der Waals surface area (Å²) in [6.45, 7) is 9.98. The van der Waals surface area contributed by atoms with Crippen molar-refractivity contribution in [2.45, 2.75) is 33.6 Å². The first-order chi connectivity index (χ1) is 13.7. The van der Waals surface area contributed by atoms with Gasteiger partial charge in [0.2, 0.25) is 0 Å². The van der Waals surface area contributed by atoms with Gasteiger partial charge in [0.05, 0.1) is 51.8 Å². The lowest BCUT2D eigenvalue weighted by atomic mass is 10.2. The van der Waals surface area contributed by atoms with E-state index in [0.29, 0.717) is 38.6 Å². The van der Waals surface area contributed by atoms with Crippen LogP contribution in [-0.2, 0) is 18.9 Å². The summed E-state index contributed by atoms with van der Waals surface area (Å²) in [5.74, 6) is -0.228. The molecule has 0 heterocycles. The molecule has 1 aromatic carbocycles. The highest BCUT2D eigenvalue weighted by molar-refractivity contribution is 5.89. The van der Waals surface area contributed by atoms with Crippen LogP contribution in [0.15, 0.2) is 30.3 Å². The molecule has 0 aliphatic rings. The summed E-state index contributed by atoms with van der Waals surface area (Å²) in [6.07, 6.45) is 1.97. The fourth-order valence-electron chi connectivity index (χ4n) is 1.62. The lowest BCUT2D eigenvalue weighted by molar-refractivity contribution is 0.0222. The highest BCUT2D eigenvalue weighted by Crippen LogP contribution is 2.01. The lowest BCUT2D eigenvalue weighted by Crippen LogP contribution is -2.09. The molecule has 0 saturated heterocycles. The van der Waals surface area contributed by atoms with E-state index in [1.54, 1.807) is 12.1 Å². The summed E-state index contributed by atoms with van der Waals surface area (Å²) in [5.41, 5.74) is 0.624. The third kappa shape index (κ3) is 22.5. The zero-order chi connectivity index (χ0) is 21.3. The van der Waals surface area contributed by atoms with Crippen LogP contribution in [0, 0.1) is 0 Å². The number of hydrogen-bond acceptors (Lipinski definition) is 7. The molecule has 164 valence electrons.